The van der Waals surface area contributed by atoms with Gasteiger partial charge < -0.3 is 42.5 Å². The van der Waals surface area contributed by atoms with Crippen molar-refractivity contribution in [2.75, 3.05) is 12.0 Å². The zero-order chi connectivity index (χ0) is 50.6. The van der Waals surface area contributed by atoms with Crippen molar-refractivity contribution in [1.29, 1.82) is 0 Å². The van der Waals surface area contributed by atoms with Gasteiger partial charge in [-0.25, -0.2) is 13.2 Å². The van der Waals surface area contributed by atoms with Crippen LogP contribution in [0.15, 0.2) is 60.7 Å². The van der Waals surface area contributed by atoms with Gasteiger partial charge in [-0.3, -0.25) is 28.8 Å². The van der Waals surface area contributed by atoms with Crippen LogP contribution in [0, 0.1) is 5.92 Å². The van der Waals surface area contributed by atoms with Crippen molar-refractivity contribution in [3.05, 3.63) is 71.8 Å². The van der Waals surface area contributed by atoms with E-state index in [4.69, 9.17) is 5.73 Å². The number of rotatable bonds is 34. The second-order valence-electron chi connectivity index (χ2n) is 18.8. The van der Waals surface area contributed by atoms with E-state index in [2.05, 4.69) is 26.6 Å². The van der Waals surface area contributed by atoms with E-state index in [9.17, 15) is 52.2 Å². The number of carboxylic acids is 1. The molecule has 6 atom stereocenters. The topological polar surface area (TPSA) is 280 Å². The molecular weight excluding hydrogens is 905 g/mol. The lowest BCUT2D eigenvalue weighted by Crippen LogP contribution is -2.59. The van der Waals surface area contributed by atoms with Crippen LogP contribution in [0.2, 0.25) is 0 Å². The van der Waals surface area contributed by atoms with Gasteiger partial charge in [-0.15, -0.1) is 0 Å². The molecule has 1 fully saturated rings. The summed E-state index contributed by atoms with van der Waals surface area (Å²) < 4.78 is 24.1. The van der Waals surface area contributed by atoms with Gasteiger partial charge in [-0.2, -0.15) is 0 Å². The van der Waals surface area contributed by atoms with Crippen molar-refractivity contribution in [2.24, 2.45) is 11.7 Å². The van der Waals surface area contributed by atoms with Gasteiger partial charge in [0.2, 0.25) is 35.4 Å². The summed E-state index contributed by atoms with van der Waals surface area (Å²) in [6.07, 6.45) is 16.5. The molecule has 17 nitrogen and oxygen atoms in total. The van der Waals surface area contributed by atoms with Crippen molar-refractivity contribution in [2.45, 2.75) is 184 Å². The van der Waals surface area contributed by atoms with E-state index in [-0.39, 0.29) is 37.5 Å². The predicted octanol–water partition coefficient (Wildman–Crippen LogP) is 4.32. The lowest BCUT2D eigenvalue weighted by Gasteiger charge is -2.29. The summed E-state index contributed by atoms with van der Waals surface area (Å²) in [4.78, 5) is 90.0. The number of hydrogen-bond donors (Lipinski definition) is 8. The van der Waals surface area contributed by atoms with Crippen LogP contribution in [-0.4, -0.2) is 108 Å². The summed E-state index contributed by atoms with van der Waals surface area (Å²) in [5, 5.41) is 33.2. The Balaban J connectivity index is 1.30. The van der Waals surface area contributed by atoms with Crippen molar-refractivity contribution < 1.29 is 52.2 Å². The number of nitrogens with one attached hydrogen (secondary N) is 5. The van der Waals surface area contributed by atoms with Crippen LogP contribution in [0.25, 0.3) is 0 Å². The Morgan fingerprint density at radius 1 is 0.580 bits per heavy atom. The smallest absolute Gasteiger partial charge is 0.326 e. The van der Waals surface area contributed by atoms with Gasteiger partial charge in [0.1, 0.15) is 40.0 Å². The molecule has 384 valence electrons. The largest absolute Gasteiger partial charge is 0.480 e. The van der Waals surface area contributed by atoms with E-state index in [0.717, 1.165) is 108 Å². The number of hydrogen-bond acceptors (Lipinski definition) is 10. The maximum atomic E-state index is 13.6. The summed E-state index contributed by atoms with van der Waals surface area (Å²) in [7, 11) is -3.68. The van der Waals surface area contributed by atoms with E-state index < -0.39 is 87.4 Å². The maximum Gasteiger partial charge on any atom is 0.326 e. The number of carbonyl (C=O) groups is 7. The third-order valence-electron chi connectivity index (χ3n) is 12.5. The van der Waals surface area contributed by atoms with Crippen molar-refractivity contribution in [1.82, 2.24) is 26.6 Å². The minimum atomic E-state index is -3.68. The molecule has 0 saturated heterocycles. The Bertz CT molecular complexity index is 2020. The summed E-state index contributed by atoms with van der Waals surface area (Å²) in [6.45, 7) is 1.41. The Kier molecular flexibility index (Phi) is 26.6. The normalized spacial score (nSPS) is 15.6. The minimum Gasteiger partial charge on any atom is -0.480 e. The molecule has 2 aromatic carbocycles. The maximum absolute atomic E-state index is 13.6. The number of sulfone groups is 1. The van der Waals surface area contributed by atoms with Crippen molar-refractivity contribution in [3.63, 3.8) is 0 Å². The number of primary amides is 1. The Morgan fingerprint density at radius 3 is 1.45 bits per heavy atom. The predicted molar refractivity (Wildman–Crippen MR) is 264 cm³/mol. The molecule has 1 unspecified atom stereocenters. The molecule has 0 bridgehead atoms. The van der Waals surface area contributed by atoms with Gasteiger partial charge in [-0.05, 0) is 43.2 Å². The summed E-state index contributed by atoms with van der Waals surface area (Å²) in [5.74, 6) is -5.37. The Morgan fingerprint density at radius 2 is 1.00 bits per heavy atom. The van der Waals surface area contributed by atoms with E-state index in [1.54, 1.807) is 30.3 Å². The van der Waals surface area contributed by atoms with E-state index in [1.807, 2.05) is 30.3 Å². The molecule has 3 rings (SSSR count). The molecule has 0 aromatic heterocycles. The average Bonchev–Trinajstić information content (AvgIpc) is 3.30. The van der Waals surface area contributed by atoms with Crippen LogP contribution in [0.5, 0.6) is 0 Å². The number of aliphatic carboxylic acids is 1. The van der Waals surface area contributed by atoms with E-state index >= 15 is 0 Å². The van der Waals surface area contributed by atoms with Crippen LogP contribution < -0.4 is 32.3 Å². The first-order valence-corrected chi connectivity index (χ1v) is 26.9. The highest BCUT2D eigenvalue weighted by atomic mass is 32.2. The number of benzene rings is 2. The SMILES string of the molecule is CC(O)[C@H](NC(=O)CCCCCCCCCCCCCCC(=O)N[C@@H](CS(C)(=O)=O)C(=O)N[C@@H](Cc1ccccc1)C(=O)O)C(=O)N[C@@H](CC1CCCCC1)C(=O)N[C@@H](Cc1ccccc1)C(N)=O. The lowest BCUT2D eigenvalue weighted by atomic mass is 9.84. The molecule has 1 aliphatic rings. The summed E-state index contributed by atoms with van der Waals surface area (Å²) >= 11 is 0. The summed E-state index contributed by atoms with van der Waals surface area (Å²) in [6, 6.07) is 11.9. The van der Waals surface area contributed by atoms with Gasteiger partial charge in [-0.1, -0.05) is 157 Å². The first-order chi connectivity index (χ1) is 32.9. The molecule has 2 aromatic rings. The zero-order valence-corrected chi connectivity index (χ0v) is 41.4. The number of carbonyl (C=O) groups excluding carboxylic acids is 6. The molecule has 0 radical (unpaired) electrons. The fraction of sp³-hybridized carbons (Fsp3) is 0.627. The number of aliphatic hydroxyl groups is 1. The monoisotopic (exact) mass is 983 g/mol. The third kappa shape index (κ3) is 24.7. The number of amides is 6. The van der Waals surface area contributed by atoms with Gasteiger partial charge in [0.25, 0.3) is 0 Å². The fourth-order valence-electron chi connectivity index (χ4n) is 8.66. The summed E-state index contributed by atoms with van der Waals surface area (Å²) in [5.41, 5.74) is 7.16. The number of carboxylic acid groups (broad SMARTS) is 1. The van der Waals surface area contributed by atoms with Gasteiger partial charge >= 0.3 is 5.97 Å². The molecule has 0 heterocycles. The molecule has 6 amide bonds. The molecular formula is C51H78N6O11S. The van der Waals surface area contributed by atoms with Gasteiger partial charge in [0.15, 0.2) is 0 Å². The number of nitrogens with two attached hydrogens (primary N) is 1. The minimum absolute atomic E-state index is 0.00391. The second-order valence-corrected chi connectivity index (χ2v) is 21.0. The van der Waals surface area contributed by atoms with Gasteiger partial charge in [0.05, 0.1) is 11.9 Å². The zero-order valence-electron chi connectivity index (χ0n) is 40.6. The number of aliphatic hydroxyl groups excluding tert-OH is 1. The van der Waals surface area contributed by atoms with Crippen LogP contribution in [0.4, 0.5) is 0 Å². The third-order valence-corrected chi connectivity index (χ3v) is 13.5. The van der Waals surface area contributed by atoms with E-state index in [1.165, 1.54) is 6.92 Å². The first kappa shape index (κ1) is 58.0. The Labute approximate surface area is 408 Å². The quantitative estimate of drug-likeness (QED) is 0.0457. The fourth-order valence-corrected chi connectivity index (χ4v) is 9.50. The van der Waals surface area contributed by atoms with Crippen LogP contribution >= 0.6 is 0 Å². The highest BCUT2D eigenvalue weighted by Crippen LogP contribution is 2.27. The second kappa shape index (κ2) is 31.7. The van der Waals surface area contributed by atoms with Gasteiger partial charge in [0, 0.05) is 31.9 Å². The standard InChI is InChI=1S/C51H78N6O11S/c1-36(58)46(50(64)55-41(33-38-26-18-14-19-27-38)48(62)54-40(47(52)61)32-37-24-16-13-17-25-37)57-45(60)31-23-12-10-8-6-4-3-5-7-9-11-22-30-44(59)53-43(35-69(2,67)68)49(63)56-42(51(65)66)34-39-28-20-15-21-29-39/h13,15-17,20-21,24-25,28-29,36,38,40-43,46,58H,3-12,14,18-19,22-23,26-27,30-35H2,1-2H3,(H2,52,61)(H,53,59)(H,54,62)(H,55,64)(H,56,63)(H,57,60)(H,65,66)/t36?,40-,41-,42-,43-,46-/m0/s1. The number of unbranched alkanes of at least 4 members (excludes halogenated alkanes) is 11. The first-order valence-electron chi connectivity index (χ1n) is 24.9. The van der Waals surface area contributed by atoms with Crippen molar-refractivity contribution >= 4 is 51.2 Å². The highest BCUT2D eigenvalue weighted by molar-refractivity contribution is 7.90. The average molecular weight is 983 g/mol. The molecule has 18 heteroatoms. The molecule has 1 aliphatic carbocycles. The molecule has 0 aliphatic heterocycles. The molecule has 9 N–H and O–H groups in total. The van der Waals surface area contributed by atoms with Crippen LogP contribution in [0.3, 0.4) is 0 Å². The van der Waals surface area contributed by atoms with Crippen molar-refractivity contribution in [3.8, 4) is 0 Å². The van der Waals surface area contributed by atoms with E-state index in [0.29, 0.717) is 24.8 Å². The van der Waals surface area contributed by atoms with Crippen LogP contribution in [0.1, 0.15) is 146 Å². The molecule has 0 spiro atoms. The van der Waals surface area contributed by atoms with Crippen LogP contribution in [-0.2, 0) is 56.2 Å². The Hall–Kier alpha value is -5.36. The highest BCUT2D eigenvalue weighted by Gasteiger charge is 2.33. The molecule has 1 saturated carbocycles. The molecule has 69 heavy (non-hydrogen) atoms. The lowest BCUT2D eigenvalue weighted by molar-refractivity contribution is -0.142.